The molecular formula is C15H23NO3S. The molecule has 0 aromatic carbocycles. The van der Waals surface area contributed by atoms with Crippen LogP contribution in [0.4, 0.5) is 0 Å². The lowest BCUT2D eigenvalue weighted by atomic mass is 10.1. The molecule has 112 valence electrons. The maximum atomic E-state index is 12.0. The van der Waals surface area contributed by atoms with Gasteiger partial charge in [0.2, 0.25) is 5.91 Å². The van der Waals surface area contributed by atoms with E-state index in [-0.39, 0.29) is 37.0 Å². The second-order valence-corrected chi connectivity index (χ2v) is 6.83. The van der Waals surface area contributed by atoms with Gasteiger partial charge in [-0.1, -0.05) is 13.8 Å². The lowest BCUT2D eigenvalue weighted by Crippen LogP contribution is -2.34. The molecule has 1 aromatic rings. The van der Waals surface area contributed by atoms with Crippen LogP contribution in [0.25, 0.3) is 0 Å². The van der Waals surface area contributed by atoms with Crippen LogP contribution in [0.5, 0.6) is 0 Å². The van der Waals surface area contributed by atoms with Crippen LogP contribution in [-0.4, -0.2) is 29.4 Å². The highest BCUT2D eigenvalue weighted by atomic mass is 32.1. The smallest absolute Gasteiger partial charge is 0.220 e. The fourth-order valence-corrected chi connectivity index (χ4v) is 2.75. The van der Waals surface area contributed by atoms with Gasteiger partial charge in [-0.15, -0.1) is 11.3 Å². The number of hydrogen-bond acceptors (Lipinski definition) is 4. The van der Waals surface area contributed by atoms with E-state index in [1.54, 1.807) is 11.3 Å². The molecule has 1 heterocycles. The van der Waals surface area contributed by atoms with E-state index < -0.39 is 6.10 Å². The molecule has 20 heavy (non-hydrogen) atoms. The number of ketones is 1. The summed E-state index contributed by atoms with van der Waals surface area (Å²) < 4.78 is 0. The molecule has 0 bridgehead atoms. The van der Waals surface area contributed by atoms with Crippen molar-refractivity contribution in [3.63, 3.8) is 0 Å². The van der Waals surface area contributed by atoms with Gasteiger partial charge in [-0.3, -0.25) is 9.59 Å². The van der Waals surface area contributed by atoms with Crippen LogP contribution in [0, 0.1) is 19.8 Å². The van der Waals surface area contributed by atoms with Gasteiger partial charge < -0.3 is 10.4 Å². The molecule has 1 rings (SSSR count). The molecule has 0 radical (unpaired) electrons. The van der Waals surface area contributed by atoms with Crippen LogP contribution in [0.3, 0.4) is 0 Å². The highest BCUT2D eigenvalue weighted by Gasteiger charge is 2.15. The number of Topliss-reactive ketones (excluding diaryl/α,β-unsaturated/α-hetero) is 1. The zero-order chi connectivity index (χ0) is 15.3. The number of aryl methyl sites for hydroxylation is 2. The summed E-state index contributed by atoms with van der Waals surface area (Å²) in [5.41, 5.74) is 0.725. The van der Waals surface area contributed by atoms with Gasteiger partial charge >= 0.3 is 0 Å². The molecule has 0 spiro atoms. The minimum atomic E-state index is -0.545. The minimum absolute atomic E-state index is 0.00593. The Labute approximate surface area is 124 Å². The summed E-state index contributed by atoms with van der Waals surface area (Å²) in [4.78, 5) is 25.7. The Hall–Kier alpha value is -1.20. The zero-order valence-corrected chi connectivity index (χ0v) is 13.3. The molecule has 1 amide bonds. The van der Waals surface area contributed by atoms with Crippen molar-refractivity contribution < 1.29 is 14.7 Å². The molecule has 0 fully saturated rings. The number of rotatable bonds is 7. The maximum Gasteiger partial charge on any atom is 0.220 e. The number of thiophene rings is 1. The SMILES string of the molecule is Cc1cc(C(=O)CCC(=O)NCC(O)C(C)C)c(C)s1. The lowest BCUT2D eigenvalue weighted by molar-refractivity contribution is -0.121. The molecule has 0 saturated heterocycles. The molecule has 1 unspecified atom stereocenters. The number of nitrogens with one attached hydrogen (secondary N) is 1. The summed E-state index contributed by atoms with van der Waals surface area (Å²) in [5, 5.41) is 12.2. The third kappa shape index (κ3) is 5.06. The number of aliphatic hydroxyl groups is 1. The first kappa shape index (κ1) is 16.9. The molecule has 2 N–H and O–H groups in total. The number of carbonyl (C=O) groups excluding carboxylic acids is 2. The van der Waals surface area contributed by atoms with Gasteiger partial charge in [0.15, 0.2) is 5.78 Å². The molecule has 0 saturated carbocycles. The Kier molecular flexibility index (Phi) is 6.36. The van der Waals surface area contributed by atoms with E-state index in [0.29, 0.717) is 0 Å². The van der Waals surface area contributed by atoms with Crippen molar-refractivity contribution in [3.8, 4) is 0 Å². The summed E-state index contributed by atoms with van der Waals surface area (Å²) in [6.45, 7) is 7.91. The van der Waals surface area contributed by atoms with Crippen LogP contribution in [0.1, 0.15) is 46.8 Å². The average Bonchev–Trinajstić information content (AvgIpc) is 2.71. The van der Waals surface area contributed by atoms with Crippen LogP contribution in [0.15, 0.2) is 6.07 Å². The minimum Gasteiger partial charge on any atom is -0.391 e. The maximum absolute atomic E-state index is 12.0. The predicted octanol–water partition coefficient (Wildman–Crippen LogP) is 2.46. The Morgan fingerprint density at radius 2 is 1.95 bits per heavy atom. The lowest BCUT2D eigenvalue weighted by Gasteiger charge is -2.14. The first-order valence-electron chi connectivity index (χ1n) is 6.86. The molecule has 0 aliphatic rings. The van der Waals surface area contributed by atoms with Crippen molar-refractivity contribution in [2.45, 2.75) is 46.6 Å². The number of carbonyl (C=O) groups is 2. The number of hydrogen-bond donors (Lipinski definition) is 2. The topological polar surface area (TPSA) is 66.4 Å². The van der Waals surface area contributed by atoms with Crippen LogP contribution in [-0.2, 0) is 4.79 Å². The highest BCUT2D eigenvalue weighted by Crippen LogP contribution is 2.22. The van der Waals surface area contributed by atoms with E-state index >= 15 is 0 Å². The van der Waals surface area contributed by atoms with Crippen LogP contribution < -0.4 is 5.32 Å². The van der Waals surface area contributed by atoms with Crippen molar-refractivity contribution in [1.29, 1.82) is 0 Å². The summed E-state index contributed by atoms with van der Waals surface area (Å²) in [5.74, 6) is -0.0811. The van der Waals surface area contributed by atoms with E-state index in [9.17, 15) is 14.7 Å². The second-order valence-electron chi connectivity index (χ2n) is 5.37. The second kappa shape index (κ2) is 7.55. The summed E-state index contributed by atoms with van der Waals surface area (Å²) in [6, 6.07) is 1.88. The van der Waals surface area contributed by atoms with Crippen molar-refractivity contribution in [1.82, 2.24) is 5.32 Å². The average molecular weight is 297 g/mol. The van der Waals surface area contributed by atoms with Gasteiger partial charge in [0.1, 0.15) is 0 Å². The van der Waals surface area contributed by atoms with Gasteiger partial charge in [-0.2, -0.15) is 0 Å². The number of aliphatic hydroxyl groups excluding tert-OH is 1. The van der Waals surface area contributed by atoms with Gasteiger partial charge in [0.25, 0.3) is 0 Å². The number of amides is 1. The normalized spacial score (nSPS) is 12.5. The zero-order valence-electron chi connectivity index (χ0n) is 12.5. The molecule has 1 atom stereocenters. The summed E-state index contributed by atoms with van der Waals surface area (Å²) >= 11 is 1.59. The fourth-order valence-electron chi connectivity index (χ4n) is 1.81. The van der Waals surface area contributed by atoms with Gasteiger partial charge in [-0.25, -0.2) is 0 Å². The predicted molar refractivity (Wildman–Crippen MR) is 81.2 cm³/mol. The van der Waals surface area contributed by atoms with Crippen molar-refractivity contribution in [2.24, 2.45) is 5.92 Å². The van der Waals surface area contributed by atoms with E-state index in [1.807, 2.05) is 33.8 Å². The Morgan fingerprint density at radius 3 is 2.45 bits per heavy atom. The van der Waals surface area contributed by atoms with Crippen LogP contribution in [0.2, 0.25) is 0 Å². The summed E-state index contributed by atoms with van der Waals surface area (Å²) in [6.07, 6.45) is -0.171. The monoisotopic (exact) mass is 297 g/mol. The van der Waals surface area contributed by atoms with Gasteiger partial charge in [0.05, 0.1) is 6.10 Å². The van der Waals surface area contributed by atoms with E-state index in [0.717, 1.165) is 15.3 Å². The van der Waals surface area contributed by atoms with Crippen molar-refractivity contribution >= 4 is 23.0 Å². The van der Waals surface area contributed by atoms with Gasteiger partial charge in [-0.05, 0) is 25.8 Å². The highest BCUT2D eigenvalue weighted by molar-refractivity contribution is 7.12. The van der Waals surface area contributed by atoms with Gasteiger partial charge in [0, 0.05) is 34.7 Å². The first-order valence-corrected chi connectivity index (χ1v) is 7.68. The molecular weight excluding hydrogens is 274 g/mol. The van der Waals surface area contributed by atoms with Crippen LogP contribution >= 0.6 is 11.3 Å². The fraction of sp³-hybridized carbons (Fsp3) is 0.600. The van der Waals surface area contributed by atoms with Crippen molar-refractivity contribution in [2.75, 3.05) is 6.54 Å². The van der Waals surface area contributed by atoms with E-state index in [2.05, 4.69) is 5.32 Å². The van der Waals surface area contributed by atoms with E-state index in [1.165, 1.54) is 0 Å². The quantitative estimate of drug-likeness (QED) is 0.760. The molecule has 0 aliphatic heterocycles. The third-order valence-corrected chi connectivity index (χ3v) is 4.16. The Balaban J connectivity index is 2.38. The Morgan fingerprint density at radius 1 is 1.30 bits per heavy atom. The molecule has 1 aromatic heterocycles. The first-order chi connectivity index (χ1) is 9.31. The molecule has 4 nitrogen and oxygen atoms in total. The van der Waals surface area contributed by atoms with Crippen molar-refractivity contribution in [3.05, 3.63) is 21.4 Å². The molecule has 0 aliphatic carbocycles. The van der Waals surface area contributed by atoms with E-state index in [4.69, 9.17) is 0 Å². The largest absolute Gasteiger partial charge is 0.391 e. The standard InChI is InChI=1S/C15H23NO3S/c1-9(2)14(18)8-16-15(19)6-5-13(17)12-7-10(3)20-11(12)4/h7,9,14,18H,5-6,8H2,1-4H3,(H,16,19). The molecule has 5 heteroatoms. The Bertz CT molecular complexity index is 479. The summed E-state index contributed by atoms with van der Waals surface area (Å²) in [7, 11) is 0. The third-order valence-electron chi connectivity index (χ3n) is 3.20.